The second-order valence-electron chi connectivity index (χ2n) is 11.4. The summed E-state index contributed by atoms with van der Waals surface area (Å²) >= 11 is 2.20. The summed E-state index contributed by atoms with van der Waals surface area (Å²) in [5, 5.41) is 44.6. The zero-order valence-electron chi connectivity index (χ0n) is 40.2. The molecule has 0 saturated carbocycles. The lowest BCUT2D eigenvalue weighted by molar-refractivity contribution is 0.281. The lowest BCUT2D eigenvalue weighted by Gasteiger charge is -2.07. The van der Waals surface area contributed by atoms with Gasteiger partial charge >= 0.3 is 7.12 Å². The second-order valence-corrected chi connectivity index (χ2v) is 12.6. The first-order chi connectivity index (χ1) is 29.7. The Labute approximate surface area is 386 Å². The Morgan fingerprint density at radius 1 is 0.377 bits per heavy atom. The first-order valence-corrected chi connectivity index (χ1v) is 23.0. The maximum Gasteiger partial charge on any atom is 0.488 e. The van der Waals surface area contributed by atoms with E-state index in [1.54, 1.807) is 18.2 Å². The van der Waals surface area contributed by atoms with Crippen molar-refractivity contribution in [3.63, 3.8) is 0 Å². The minimum absolute atomic E-state index is 0.0874. The number of benzene rings is 6. The minimum Gasteiger partial charge on any atom is -0.423 e. The standard InChI is InChI=1S/2C14H14O.C7H9BO2.C7H7IO.6C2H6/c2*1-11-5-4-7-12(9-11)14-8-3-2-6-13(14)10-15;1-6-3-2-4-7(5-6)8(9)10;8-7-4-2-1-3-6(7)5-9;6*1-2/h2*2-9,15H,10H2,1H3;2-5,9-10H,1H3;1-4,9H,5H2;6*1-2H3. The highest BCUT2D eigenvalue weighted by molar-refractivity contribution is 14.1. The topological polar surface area (TPSA) is 101 Å². The van der Waals surface area contributed by atoms with Crippen LogP contribution in [0.15, 0.2) is 146 Å². The van der Waals surface area contributed by atoms with Crippen LogP contribution in [-0.2, 0) is 19.8 Å². The summed E-state index contributed by atoms with van der Waals surface area (Å²) in [7, 11) is -1.35. The quantitative estimate of drug-likeness (QED) is 0.0846. The normalized spacial score (nSPS) is 8.61. The molecule has 6 aromatic carbocycles. The van der Waals surface area contributed by atoms with Crippen LogP contribution in [0.25, 0.3) is 22.3 Å². The van der Waals surface area contributed by atoms with Gasteiger partial charge in [0, 0.05) is 3.57 Å². The van der Waals surface area contributed by atoms with Gasteiger partial charge in [0.25, 0.3) is 0 Å². The van der Waals surface area contributed by atoms with Gasteiger partial charge in [-0.2, -0.15) is 0 Å². The van der Waals surface area contributed by atoms with Crippen molar-refractivity contribution in [2.24, 2.45) is 0 Å². The first kappa shape index (κ1) is 63.6. The summed E-state index contributed by atoms with van der Waals surface area (Å²) < 4.78 is 1.12. The number of aryl methyl sites for hydroxylation is 3. The molecule has 0 aliphatic heterocycles. The number of aliphatic hydroxyl groups is 3. The average molecular weight is 947 g/mol. The molecule has 0 saturated heterocycles. The Balaban J connectivity index is -0.000000332. The van der Waals surface area contributed by atoms with Gasteiger partial charge in [0.15, 0.2) is 0 Å². The Bertz CT molecular complexity index is 1790. The van der Waals surface area contributed by atoms with Crippen molar-refractivity contribution >= 4 is 35.2 Å². The van der Waals surface area contributed by atoms with Crippen LogP contribution in [0.5, 0.6) is 0 Å². The van der Waals surface area contributed by atoms with Crippen LogP contribution < -0.4 is 5.46 Å². The third kappa shape index (κ3) is 27.5. The number of hydrogen-bond donors (Lipinski definition) is 5. The van der Waals surface area contributed by atoms with Crippen LogP contribution in [-0.4, -0.2) is 32.5 Å². The summed E-state index contributed by atoms with van der Waals surface area (Å²) in [6, 6.07) is 47.4. The van der Waals surface area contributed by atoms with Crippen LogP contribution in [0.4, 0.5) is 0 Å². The largest absolute Gasteiger partial charge is 0.488 e. The van der Waals surface area contributed by atoms with E-state index in [1.807, 2.05) is 181 Å². The third-order valence-corrected chi connectivity index (χ3v) is 8.55. The summed E-state index contributed by atoms with van der Waals surface area (Å²) in [6.07, 6.45) is 0. The Hall–Kier alpha value is -4.09. The Morgan fingerprint density at radius 3 is 0.967 bits per heavy atom. The highest BCUT2D eigenvalue weighted by Crippen LogP contribution is 2.25. The van der Waals surface area contributed by atoms with Crippen LogP contribution in [0.1, 0.15) is 116 Å². The molecule has 336 valence electrons. The summed E-state index contributed by atoms with van der Waals surface area (Å²) in [5.41, 5.74) is 11.6. The molecule has 0 aliphatic rings. The third-order valence-electron chi connectivity index (χ3n) is 7.50. The number of rotatable bonds is 6. The van der Waals surface area contributed by atoms with Gasteiger partial charge in [-0.1, -0.05) is 239 Å². The number of aliphatic hydroxyl groups excluding tert-OH is 3. The fraction of sp³-hybridized carbons (Fsp3) is 0.333. The van der Waals surface area contributed by atoms with Gasteiger partial charge in [-0.3, -0.25) is 0 Å². The molecule has 0 bridgehead atoms. The first-order valence-electron chi connectivity index (χ1n) is 21.9. The molecule has 6 rings (SSSR count). The van der Waals surface area contributed by atoms with E-state index in [4.69, 9.17) is 15.2 Å². The lowest BCUT2D eigenvalue weighted by Crippen LogP contribution is -2.29. The van der Waals surface area contributed by atoms with Gasteiger partial charge in [-0.15, -0.1) is 0 Å². The highest BCUT2D eigenvalue weighted by atomic mass is 127. The van der Waals surface area contributed by atoms with E-state index >= 15 is 0 Å². The van der Waals surface area contributed by atoms with Crippen molar-refractivity contribution in [1.82, 2.24) is 0 Å². The van der Waals surface area contributed by atoms with E-state index in [9.17, 15) is 10.2 Å². The number of hydrogen-bond acceptors (Lipinski definition) is 5. The molecule has 5 nitrogen and oxygen atoms in total. The summed E-state index contributed by atoms with van der Waals surface area (Å²) in [5.74, 6) is 0. The predicted molar refractivity (Wildman–Crippen MR) is 279 cm³/mol. The molecule has 0 heterocycles. The molecule has 7 heteroatoms. The molecule has 0 aromatic heterocycles. The van der Waals surface area contributed by atoms with Crippen molar-refractivity contribution in [1.29, 1.82) is 0 Å². The Morgan fingerprint density at radius 2 is 0.689 bits per heavy atom. The zero-order chi connectivity index (χ0) is 47.6. The van der Waals surface area contributed by atoms with E-state index in [1.165, 1.54) is 22.3 Å². The average Bonchev–Trinajstić information content (AvgIpc) is 3.33. The van der Waals surface area contributed by atoms with Crippen molar-refractivity contribution < 1.29 is 25.4 Å². The van der Waals surface area contributed by atoms with E-state index in [-0.39, 0.29) is 19.8 Å². The molecular weight excluding hydrogens is 866 g/mol. The second kappa shape index (κ2) is 44.0. The molecule has 0 atom stereocenters. The van der Waals surface area contributed by atoms with Gasteiger partial charge in [0.05, 0.1) is 19.8 Å². The Kier molecular flexibility index (Phi) is 45.8. The molecular formula is C54H80BIO5. The zero-order valence-corrected chi connectivity index (χ0v) is 42.3. The molecule has 5 N–H and O–H groups in total. The highest BCUT2D eigenvalue weighted by Gasteiger charge is 2.09. The van der Waals surface area contributed by atoms with Gasteiger partial charge in [0.2, 0.25) is 0 Å². The molecule has 0 fully saturated rings. The maximum atomic E-state index is 9.25. The van der Waals surface area contributed by atoms with Crippen molar-refractivity contribution in [3.05, 3.63) is 183 Å². The molecule has 0 radical (unpaired) electrons. The monoisotopic (exact) mass is 947 g/mol. The van der Waals surface area contributed by atoms with Crippen LogP contribution >= 0.6 is 22.6 Å². The van der Waals surface area contributed by atoms with Crippen molar-refractivity contribution in [2.75, 3.05) is 0 Å². The van der Waals surface area contributed by atoms with Crippen LogP contribution in [0.2, 0.25) is 0 Å². The molecule has 0 spiro atoms. The summed E-state index contributed by atoms with van der Waals surface area (Å²) in [6.45, 7) is 30.4. The van der Waals surface area contributed by atoms with Gasteiger partial charge in [-0.05, 0) is 93.8 Å². The van der Waals surface area contributed by atoms with E-state index in [2.05, 4.69) is 72.8 Å². The lowest BCUT2D eigenvalue weighted by atomic mass is 9.80. The number of halogens is 1. The van der Waals surface area contributed by atoms with Gasteiger partial charge in [0.1, 0.15) is 0 Å². The van der Waals surface area contributed by atoms with Crippen molar-refractivity contribution in [2.45, 2.75) is 124 Å². The molecule has 61 heavy (non-hydrogen) atoms. The minimum atomic E-state index is -1.35. The van der Waals surface area contributed by atoms with E-state index in [0.717, 1.165) is 37.0 Å². The van der Waals surface area contributed by atoms with Crippen LogP contribution in [0, 0.1) is 24.3 Å². The fourth-order valence-corrected chi connectivity index (χ4v) is 5.52. The van der Waals surface area contributed by atoms with E-state index < -0.39 is 7.12 Å². The summed E-state index contributed by atoms with van der Waals surface area (Å²) in [4.78, 5) is 0. The maximum absolute atomic E-state index is 9.25. The SMILES string of the molecule is CC.CC.CC.CC.CC.CC.Cc1cccc(-c2ccccc2CO)c1.Cc1cccc(-c2ccccc2CO)c1.Cc1cccc(B(O)O)c1.OCc1ccccc1I. The molecule has 0 amide bonds. The molecule has 6 aromatic rings. The fourth-order valence-electron chi connectivity index (χ4n) is 4.96. The predicted octanol–water partition coefficient (Wildman–Crippen LogP) is 13.9. The molecule has 0 unspecified atom stereocenters. The smallest absolute Gasteiger partial charge is 0.423 e. The van der Waals surface area contributed by atoms with Crippen LogP contribution in [0.3, 0.4) is 0 Å². The van der Waals surface area contributed by atoms with Crippen molar-refractivity contribution in [3.8, 4) is 22.3 Å². The van der Waals surface area contributed by atoms with Gasteiger partial charge in [-0.25, -0.2) is 0 Å². The molecule has 0 aliphatic carbocycles. The van der Waals surface area contributed by atoms with Gasteiger partial charge < -0.3 is 25.4 Å². The van der Waals surface area contributed by atoms with E-state index in [0.29, 0.717) is 5.46 Å².